The first-order valence-corrected chi connectivity index (χ1v) is 8.99. The van der Waals surface area contributed by atoms with E-state index < -0.39 is 0 Å². The van der Waals surface area contributed by atoms with Gasteiger partial charge in [0.1, 0.15) is 0 Å². The van der Waals surface area contributed by atoms with Gasteiger partial charge in [0.25, 0.3) is 0 Å². The van der Waals surface area contributed by atoms with Crippen LogP contribution in [0.2, 0.25) is 0 Å². The van der Waals surface area contributed by atoms with Gasteiger partial charge >= 0.3 is 0 Å². The van der Waals surface area contributed by atoms with Crippen LogP contribution in [0.5, 0.6) is 0 Å². The summed E-state index contributed by atoms with van der Waals surface area (Å²) >= 11 is 4.19. The van der Waals surface area contributed by atoms with E-state index in [1.165, 1.54) is 25.7 Å². The molecule has 21 heavy (non-hydrogen) atoms. The lowest BCUT2D eigenvalue weighted by atomic mass is 10.0. The molecular weight excluding hydrogens is 284 g/mol. The van der Waals surface area contributed by atoms with Crippen molar-refractivity contribution in [2.45, 2.75) is 58.5 Å². The highest BCUT2D eigenvalue weighted by atomic mass is 32.1. The highest BCUT2D eigenvalue weighted by molar-refractivity contribution is 7.80. The molecule has 1 heterocycles. The second kappa shape index (κ2) is 11.3. The number of hydrogen-bond donors (Lipinski definition) is 2. The molecular formula is C16H32N2O2S. The Labute approximate surface area is 135 Å². The van der Waals surface area contributed by atoms with Gasteiger partial charge < -0.3 is 10.1 Å². The van der Waals surface area contributed by atoms with E-state index in [1.54, 1.807) is 0 Å². The van der Waals surface area contributed by atoms with Crippen LogP contribution in [0.1, 0.15) is 52.4 Å². The van der Waals surface area contributed by atoms with Crippen molar-refractivity contribution in [1.29, 1.82) is 0 Å². The molecule has 5 heteroatoms. The molecule has 124 valence electrons. The van der Waals surface area contributed by atoms with Gasteiger partial charge in [-0.2, -0.15) is 12.6 Å². The van der Waals surface area contributed by atoms with E-state index in [0.717, 1.165) is 45.0 Å². The third-order valence-electron chi connectivity index (χ3n) is 3.85. The Bertz CT molecular complexity index is 281. The van der Waals surface area contributed by atoms with Gasteiger partial charge in [-0.15, -0.1) is 0 Å². The van der Waals surface area contributed by atoms with Gasteiger partial charge in [-0.3, -0.25) is 9.69 Å². The summed E-state index contributed by atoms with van der Waals surface area (Å²) in [5.74, 6) is 1.17. The Morgan fingerprint density at radius 3 is 2.43 bits per heavy atom. The van der Waals surface area contributed by atoms with Gasteiger partial charge in [0.05, 0.1) is 12.0 Å². The number of amides is 1. The smallest absolute Gasteiger partial charge is 0.225 e. The van der Waals surface area contributed by atoms with Gasteiger partial charge in [0.2, 0.25) is 5.91 Å². The van der Waals surface area contributed by atoms with Crippen molar-refractivity contribution in [2.24, 2.45) is 5.92 Å². The van der Waals surface area contributed by atoms with Crippen LogP contribution in [0.3, 0.4) is 0 Å². The first-order chi connectivity index (χ1) is 10.1. The van der Waals surface area contributed by atoms with Crippen LogP contribution in [0, 0.1) is 5.92 Å². The molecule has 0 bridgehead atoms. The summed E-state index contributed by atoms with van der Waals surface area (Å²) in [4.78, 5) is 13.9. The van der Waals surface area contributed by atoms with Crippen molar-refractivity contribution in [3.63, 3.8) is 0 Å². The molecule has 1 amide bonds. The minimum Gasteiger partial charge on any atom is -0.379 e. The minimum atomic E-state index is 0.193. The fourth-order valence-corrected chi connectivity index (χ4v) is 2.69. The lowest BCUT2D eigenvalue weighted by molar-refractivity contribution is -0.129. The highest BCUT2D eigenvalue weighted by Crippen LogP contribution is 2.15. The third kappa shape index (κ3) is 8.69. The van der Waals surface area contributed by atoms with Crippen molar-refractivity contribution in [3.05, 3.63) is 0 Å². The average molecular weight is 317 g/mol. The number of ether oxygens (including phenoxy) is 1. The predicted molar refractivity (Wildman–Crippen MR) is 90.7 cm³/mol. The highest BCUT2D eigenvalue weighted by Gasteiger charge is 2.31. The molecule has 1 aliphatic heterocycles. The van der Waals surface area contributed by atoms with Crippen LogP contribution in [0.4, 0.5) is 0 Å². The molecule has 0 aromatic rings. The van der Waals surface area contributed by atoms with Crippen molar-refractivity contribution in [1.82, 2.24) is 10.2 Å². The summed E-state index contributed by atoms with van der Waals surface area (Å²) in [5, 5.41) is 3.04. The van der Waals surface area contributed by atoms with Crippen molar-refractivity contribution in [3.8, 4) is 0 Å². The standard InChI is InChI=1S/C16H32N2O2S/c1-14(2)20-10-8-6-4-3-5-7-9-17-16(19)15-11-18(12-15)13-21/h14-15,21H,3-13H2,1-2H3,(H,17,19). The molecule has 0 spiro atoms. The summed E-state index contributed by atoms with van der Waals surface area (Å²) in [6.45, 7) is 7.61. The molecule has 0 saturated carbocycles. The van der Waals surface area contributed by atoms with Crippen molar-refractivity contribution < 1.29 is 9.53 Å². The number of carbonyl (C=O) groups is 1. The summed E-state index contributed by atoms with van der Waals surface area (Å²) in [6.07, 6.45) is 7.60. The SMILES string of the molecule is CC(C)OCCCCCCCCNC(=O)C1CN(CS)C1. The zero-order valence-electron chi connectivity index (χ0n) is 13.6. The molecule has 0 atom stereocenters. The van der Waals surface area contributed by atoms with Crippen LogP contribution < -0.4 is 5.32 Å². The van der Waals surface area contributed by atoms with E-state index in [9.17, 15) is 4.79 Å². The summed E-state index contributed by atoms with van der Waals surface area (Å²) in [7, 11) is 0. The van der Waals surface area contributed by atoms with E-state index in [1.807, 2.05) is 0 Å². The van der Waals surface area contributed by atoms with E-state index in [-0.39, 0.29) is 11.8 Å². The van der Waals surface area contributed by atoms with E-state index >= 15 is 0 Å². The summed E-state index contributed by atoms with van der Waals surface area (Å²) in [5.41, 5.74) is 0. The van der Waals surface area contributed by atoms with E-state index in [2.05, 4.69) is 36.7 Å². The maximum Gasteiger partial charge on any atom is 0.225 e. The van der Waals surface area contributed by atoms with E-state index in [0.29, 0.717) is 6.10 Å². The van der Waals surface area contributed by atoms with Crippen LogP contribution in [-0.4, -0.2) is 49.0 Å². The summed E-state index contributed by atoms with van der Waals surface area (Å²) in [6, 6.07) is 0. The molecule has 0 aromatic heterocycles. The number of nitrogens with one attached hydrogen (secondary N) is 1. The van der Waals surface area contributed by atoms with Gasteiger partial charge in [-0.1, -0.05) is 25.7 Å². The lowest BCUT2D eigenvalue weighted by Gasteiger charge is -2.36. The Morgan fingerprint density at radius 2 is 1.81 bits per heavy atom. The number of unbranched alkanes of at least 4 members (excludes halogenated alkanes) is 5. The fraction of sp³-hybridized carbons (Fsp3) is 0.938. The molecule has 1 rings (SSSR count). The quantitative estimate of drug-likeness (QED) is 0.430. The van der Waals surface area contributed by atoms with Crippen LogP contribution in [0.15, 0.2) is 0 Å². The molecule has 0 unspecified atom stereocenters. The number of rotatable bonds is 12. The van der Waals surface area contributed by atoms with Gasteiger partial charge in [-0.05, 0) is 26.7 Å². The normalized spacial score (nSPS) is 16.2. The second-order valence-electron chi connectivity index (χ2n) is 6.21. The zero-order chi connectivity index (χ0) is 15.5. The molecule has 1 N–H and O–H groups in total. The first kappa shape index (κ1) is 18.8. The second-order valence-corrected chi connectivity index (χ2v) is 6.49. The molecule has 0 radical (unpaired) electrons. The third-order valence-corrected chi connectivity index (χ3v) is 4.25. The van der Waals surface area contributed by atoms with Crippen LogP contribution in [-0.2, 0) is 9.53 Å². The predicted octanol–water partition coefficient (Wildman–Crippen LogP) is 2.69. The topological polar surface area (TPSA) is 41.6 Å². The monoisotopic (exact) mass is 316 g/mol. The molecule has 0 aliphatic carbocycles. The largest absolute Gasteiger partial charge is 0.379 e. The molecule has 4 nitrogen and oxygen atoms in total. The molecule has 1 fully saturated rings. The van der Waals surface area contributed by atoms with Crippen molar-refractivity contribution >= 4 is 18.5 Å². The Morgan fingerprint density at radius 1 is 1.19 bits per heavy atom. The number of carbonyl (C=O) groups excluding carboxylic acids is 1. The van der Waals surface area contributed by atoms with Gasteiger partial charge in [0, 0.05) is 32.1 Å². The van der Waals surface area contributed by atoms with Crippen LogP contribution >= 0.6 is 12.6 Å². The maximum absolute atomic E-state index is 11.8. The Kier molecular flexibility index (Phi) is 10.1. The van der Waals surface area contributed by atoms with Crippen LogP contribution in [0.25, 0.3) is 0 Å². The maximum atomic E-state index is 11.8. The Hall–Kier alpha value is -0.260. The number of thiol groups is 1. The fourth-order valence-electron chi connectivity index (χ4n) is 2.46. The summed E-state index contributed by atoms with van der Waals surface area (Å²) < 4.78 is 5.51. The molecule has 0 aromatic carbocycles. The Balaban J connectivity index is 1.79. The van der Waals surface area contributed by atoms with Gasteiger partial charge in [0.15, 0.2) is 0 Å². The molecule has 1 saturated heterocycles. The molecule has 1 aliphatic rings. The minimum absolute atomic E-state index is 0.193. The number of hydrogen-bond acceptors (Lipinski definition) is 4. The number of nitrogens with zero attached hydrogens (tertiary/aromatic N) is 1. The van der Waals surface area contributed by atoms with E-state index in [4.69, 9.17) is 4.74 Å². The number of likely N-dealkylation sites (tertiary alicyclic amines) is 1. The average Bonchev–Trinajstić information content (AvgIpc) is 2.39. The lowest BCUT2D eigenvalue weighted by Crippen LogP contribution is -2.53. The van der Waals surface area contributed by atoms with Crippen molar-refractivity contribution in [2.75, 3.05) is 32.1 Å². The zero-order valence-corrected chi connectivity index (χ0v) is 14.5. The first-order valence-electron chi connectivity index (χ1n) is 8.36. The van der Waals surface area contributed by atoms with Gasteiger partial charge in [-0.25, -0.2) is 0 Å².